The van der Waals surface area contributed by atoms with E-state index in [1.54, 1.807) is 0 Å². The van der Waals surface area contributed by atoms with Crippen LogP contribution in [0.1, 0.15) is 30.8 Å². The Morgan fingerprint density at radius 3 is 2.74 bits per heavy atom. The Labute approximate surface area is 122 Å². The quantitative estimate of drug-likeness (QED) is 0.935. The van der Waals surface area contributed by atoms with Gasteiger partial charge >= 0.3 is 0 Å². The number of aromatic nitrogens is 2. The molecule has 1 aromatic carbocycles. The van der Waals surface area contributed by atoms with Crippen LogP contribution in [0.2, 0.25) is 0 Å². The molecule has 4 heteroatoms. The van der Waals surface area contributed by atoms with E-state index in [2.05, 4.69) is 45.0 Å². The third-order valence-electron chi connectivity index (χ3n) is 3.03. The summed E-state index contributed by atoms with van der Waals surface area (Å²) in [5.74, 6) is 1.16. The average molecular weight is 320 g/mol. The first-order valence-corrected chi connectivity index (χ1v) is 7.21. The molecule has 3 nitrogen and oxygen atoms in total. The molecule has 19 heavy (non-hydrogen) atoms. The molecule has 2 aromatic rings. The van der Waals surface area contributed by atoms with Gasteiger partial charge in [0.2, 0.25) is 0 Å². The topological polar surface area (TPSA) is 51.8 Å². The third kappa shape index (κ3) is 3.61. The number of aryl methyl sites for hydroxylation is 1. The molecule has 0 aliphatic heterocycles. The Kier molecular flexibility index (Phi) is 4.66. The first-order valence-electron chi connectivity index (χ1n) is 6.41. The molecule has 2 N–H and O–H groups in total. The van der Waals surface area contributed by atoms with E-state index < -0.39 is 0 Å². The predicted molar refractivity (Wildman–Crippen MR) is 82.0 cm³/mol. The molecule has 0 bridgehead atoms. The average Bonchev–Trinajstić information content (AvgIpc) is 2.38. The van der Waals surface area contributed by atoms with Gasteiger partial charge in [-0.3, -0.25) is 0 Å². The van der Waals surface area contributed by atoms with Gasteiger partial charge in [-0.25, -0.2) is 9.97 Å². The van der Waals surface area contributed by atoms with Gasteiger partial charge in [0.05, 0.1) is 5.69 Å². The van der Waals surface area contributed by atoms with Crippen LogP contribution in [0.15, 0.2) is 34.8 Å². The van der Waals surface area contributed by atoms with Crippen LogP contribution in [0, 0.1) is 6.92 Å². The summed E-state index contributed by atoms with van der Waals surface area (Å²) in [4.78, 5) is 9.20. The molecular weight excluding hydrogens is 302 g/mol. The van der Waals surface area contributed by atoms with E-state index in [0.717, 1.165) is 33.7 Å². The minimum atomic E-state index is 0.288. The number of benzene rings is 1. The second kappa shape index (κ2) is 6.26. The number of halogens is 1. The van der Waals surface area contributed by atoms with E-state index in [4.69, 9.17) is 5.73 Å². The maximum absolute atomic E-state index is 5.61. The summed E-state index contributed by atoms with van der Waals surface area (Å²) < 4.78 is 1.05. The largest absolute Gasteiger partial charge is 0.330 e. The molecule has 0 amide bonds. The van der Waals surface area contributed by atoms with Gasteiger partial charge in [0.15, 0.2) is 0 Å². The lowest BCUT2D eigenvalue weighted by atomic mass is 10.1. The summed E-state index contributed by atoms with van der Waals surface area (Å²) in [5.41, 5.74) is 8.67. The van der Waals surface area contributed by atoms with E-state index in [0.29, 0.717) is 6.54 Å². The molecule has 100 valence electrons. The molecule has 0 radical (unpaired) electrons. The molecule has 1 aromatic heterocycles. The summed E-state index contributed by atoms with van der Waals surface area (Å²) in [6, 6.07) is 10.2. The van der Waals surface area contributed by atoms with Crippen molar-refractivity contribution < 1.29 is 0 Å². The molecule has 1 heterocycles. The van der Waals surface area contributed by atoms with Gasteiger partial charge in [-0.05, 0) is 38.1 Å². The molecule has 0 aliphatic carbocycles. The van der Waals surface area contributed by atoms with Gasteiger partial charge in [0, 0.05) is 21.6 Å². The Balaban J connectivity index is 2.41. The number of nitrogens with zero attached hydrogens (tertiary/aromatic N) is 2. The molecule has 1 unspecified atom stereocenters. The normalized spacial score (nSPS) is 12.4. The van der Waals surface area contributed by atoms with Crippen LogP contribution in [0.25, 0.3) is 11.3 Å². The first-order chi connectivity index (χ1) is 9.10. The van der Waals surface area contributed by atoms with Crippen molar-refractivity contribution in [1.29, 1.82) is 0 Å². The van der Waals surface area contributed by atoms with Crippen molar-refractivity contribution in [2.45, 2.75) is 26.2 Å². The fraction of sp³-hybridized carbons (Fsp3) is 0.333. The molecule has 0 saturated carbocycles. The zero-order valence-corrected chi connectivity index (χ0v) is 12.8. The summed E-state index contributed by atoms with van der Waals surface area (Å²) in [5, 5.41) is 0. The highest BCUT2D eigenvalue weighted by Crippen LogP contribution is 2.24. The minimum Gasteiger partial charge on any atom is -0.330 e. The monoisotopic (exact) mass is 319 g/mol. The number of rotatable bonds is 4. The molecule has 0 spiro atoms. The molecular formula is C15H18BrN3. The highest BCUT2D eigenvalue weighted by atomic mass is 79.9. The van der Waals surface area contributed by atoms with E-state index in [1.807, 2.05) is 25.1 Å². The Morgan fingerprint density at radius 1 is 1.26 bits per heavy atom. The predicted octanol–water partition coefficient (Wildman–Crippen LogP) is 3.67. The van der Waals surface area contributed by atoms with Crippen molar-refractivity contribution in [3.63, 3.8) is 0 Å². The zero-order valence-electron chi connectivity index (χ0n) is 11.2. The van der Waals surface area contributed by atoms with Crippen LogP contribution in [0.5, 0.6) is 0 Å². The fourth-order valence-corrected chi connectivity index (χ4v) is 2.39. The smallest absolute Gasteiger partial charge is 0.132 e. The molecule has 0 saturated heterocycles. The number of hydrogen-bond donors (Lipinski definition) is 1. The Morgan fingerprint density at radius 2 is 2.05 bits per heavy atom. The van der Waals surface area contributed by atoms with E-state index in [1.165, 1.54) is 0 Å². The van der Waals surface area contributed by atoms with Crippen LogP contribution >= 0.6 is 15.9 Å². The van der Waals surface area contributed by atoms with Crippen LogP contribution in [0.3, 0.4) is 0 Å². The first kappa shape index (κ1) is 14.2. The van der Waals surface area contributed by atoms with Gasteiger partial charge in [-0.15, -0.1) is 0 Å². The fourth-order valence-electron chi connectivity index (χ4n) is 1.99. The van der Waals surface area contributed by atoms with E-state index in [9.17, 15) is 0 Å². The van der Waals surface area contributed by atoms with E-state index in [-0.39, 0.29) is 5.92 Å². The van der Waals surface area contributed by atoms with Crippen LogP contribution < -0.4 is 5.73 Å². The maximum atomic E-state index is 5.61. The zero-order chi connectivity index (χ0) is 13.8. The second-order valence-electron chi connectivity index (χ2n) is 4.74. The van der Waals surface area contributed by atoms with Crippen LogP contribution in [0.4, 0.5) is 0 Å². The molecule has 2 rings (SSSR count). The van der Waals surface area contributed by atoms with Crippen molar-refractivity contribution in [2.24, 2.45) is 5.73 Å². The van der Waals surface area contributed by atoms with Crippen molar-refractivity contribution in [3.8, 4) is 11.3 Å². The van der Waals surface area contributed by atoms with Gasteiger partial charge < -0.3 is 5.73 Å². The Bertz CT molecular complexity index is 569. The van der Waals surface area contributed by atoms with Crippen molar-refractivity contribution in [1.82, 2.24) is 9.97 Å². The summed E-state index contributed by atoms with van der Waals surface area (Å²) in [6.45, 7) is 4.78. The molecule has 1 atom stereocenters. The SMILES string of the molecule is Cc1cc(-c2cccc(Br)c2)nc(C(C)CCN)n1. The number of nitrogens with two attached hydrogens (primary N) is 1. The maximum Gasteiger partial charge on any atom is 0.132 e. The lowest BCUT2D eigenvalue weighted by Crippen LogP contribution is -2.09. The van der Waals surface area contributed by atoms with Crippen molar-refractivity contribution >= 4 is 15.9 Å². The third-order valence-corrected chi connectivity index (χ3v) is 3.53. The summed E-state index contributed by atoms with van der Waals surface area (Å²) in [6.07, 6.45) is 0.904. The summed E-state index contributed by atoms with van der Waals surface area (Å²) in [7, 11) is 0. The van der Waals surface area contributed by atoms with Crippen molar-refractivity contribution in [2.75, 3.05) is 6.54 Å². The lowest BCUT2D eigenvalue weighted by Gasteiger charge is -2.11. The molecule has 0 fully saturated rings. The van der Waals surface area contributed by atoms with Crippen LogP contribution in [-0.2, 0) is 0 Å². The van der Waals surface area contributed by atoms with Crippen LogP contribution in [-0.4, -0.2) is 16.5 Å². The lowest BCUT2D eigenvalue weighted by molar-refractivity contribution is 0.645. The van der Waals surface area contributed by atoms with Gasteiger partial charge in [-0.2, -0.15) is 0 Å². The minimum absolute atomic E-state index is 0.288. The highest BCUT2D eigenvalue weighted by Gasteiger charge is 2.11. The highest BCUT2D eigenvalue weighted by molar-refractivity contribution is 9.10. The molecule has 0 aliphatic rings. The summed E-state index contributed by atoms with van der Waals surface area (Å²) >= 11 is 3.49. The van der Waals surface area contributed by atoms with Crippen molar-refractivity contribution in [3.05, 3.63) is 46.3 Å². The number of hydrogen-bond acceptors (Lipinski definition) is 3. The van der Waals surface area contributed by atoms with Gasteiger partial charge in [0.1, 0.15) is 5.82 Å². The standard InChI is InChI=1S/C15H18BrN3/c1-10(6-7-17)15-18-11(2)8-14(19-15)12-4-3-5-13(16)9-12/h3-5,8-10H,6-7,17H2,1-2H3. The van der Waals surface area contributed by atoms with Gasteiger partial charge in [-0.1, -0.05) is 35.0 Å². The second-order valence-corrected chi connectivity index (χ2v) is 5.66. The Hall–Kier alpha value is -1.26. The van der Waals surface area contributed by atoms with E-state index >= 15 is 0 Å². The van der Waals surface area contributed by atoms with Gasteiger partial charge in [0.25, 0.3) is 0 Å².